The molecule has 176 valence electrons. The summed E-state index contributed by atoms with van der Waals surface area (Å²) in [6, 6.07) is 9.23. The van der Waals surface area contributed by atoms with E-state index in [-0.39, 0.29) is 5.69 Å². The minimum atomic E-state index is -1.27. The summed E-state index contributed by atoms with van der Waals surface area (Å²) in [6.07, 6.45) is 0.661. The predicted molar refractivity (Wildman–Crippen MR) is 116 cm³/mol. The predicted octanol–water partition coefficient (Wildman–Crippen LogP) is 3.21. The summed E-state index contributed by atoms with van der Waals surface area (Å²) in [4.78, 5) is 46.1. The number of nitrogens with zero attached hydrogens (tertiary/aromatic N) is 1. The van der Waals surface area contributed by atoms with E-state index in [0.717, 1.165) is 31.0 Å². The molecule has 2 aromatic rings. The lowest BCUT2D eigenvalue weighted by atomic mass is 10.2. The van der Waals surface area contributed by atoms with Crippen LogP contribution in [-0.4, -0.2) is 42.0 Å². The summed E-state index contributed by atoms with van der Waals surface area (Å²) < 4.78 is 23.8. The lowest BCUT2D eigenvalue weighted by Crippen LogP contribution is -2.35. The number of rotatable bonds is 11. The summed E-state index contributed by atoms with van der Waals surface area (Å²) in [5.41, 5.74) is -0.526. The van der Waals surface area contributed by atoms with Crippen LogP contribution < -0.4 is 15.4 Å². The zero-order chi connectivity index (χ0) is 24.4. The molecule has 0 fully saturated rings. The standard InChI is InChI=1S/C22H24FN3O7/c1-3-4-11-32-17-8-5-15(6-9-17)22(29)24-13-20(27)33-14(2)21(28)25-16-7-10-18(23)19(12-16)26(30)31/h5-10,12,14H,3-4,11,13H2,1-2H3,(H,24,29)(H,25,28). The third-order valence-electron chi connectivity index (χ3n) is 4.36. The Labute approximate surface area is 189 Å². The molecule has 0 bridgehead atoms. The summed E-state index contributed by atoms with van der Waals surface area (Å²) in [7, 11) is 0. The van der Waals surface area contributed by atoms with Crippen LogP contribution in [0, 0.1) is 15.9 Å². The highest BCUT2D eigenvalue weighted by Crippen LogP contribution is 2.21. The van der Waals surface area contributed by atoms with Gasteiger partial charge in [-0.3, -0.25) is 24.5 Å². The van der Waals surface area contributed by atoms with E-state index in [0.29, 0.717) is 17.9 Å². The summed E-state index contributed by atoms with van der Waals surface area (Å²) in [6.45, 7) is 3.43. The SMILES string of the molecule is CCCCOc1ccc(C(=O)NCC(=O)OC(C)C(=O)Nc2ccc(F)c([N+](=O)[O-])c2)cc1. The Morgan fingerprint density at radius 1 is 1.15 bits per heavy atom. The van der Waals surface area contributed by atoms with Crippen molar-refractivity contribution in [2.24, 2.45) is 0 Å². The van der Waals surface area contributed by atoms with Crippen LogP contribution in [0.1, 0.15) is 37.0 Å². The Morgan fingerprint density at radius 3 is 2.48 bits per heavy atom. The number of halogens is 1. The molecule has 0 radical (unpaired) electrons. The highest BCUT2D eigenvalue weighted by molar-refractivity contribution is 5.97. The van der Waals surface area contributed by atoms with Gasteiger partial charge in [0, 0.05) is 17.3 Å². The number of esters is 1. The fraction of sp³-hybridized carbons (Fsp3) is 0.318. The molecule has 10 nitrogen and oxygen atoms in total. The van der Waals surface area contributed by atoms with E-state index in [9.17, 15) is 28.9 Å². The van der Waals surface area contributed by atoms with Gasteiger partial charge in [-0.1, -0.05) is 13.3 Å². The average molecular weight is 461 g/mol. The number of nitro groups is 1. The van der Waals surface area contributed by atoms with Crippen LogP contribution in [0.2, 0.25) is 0 Å². The smallest absolute Gasteiger partial charge is 0.326 e. The minimum Gasteiger partial charge on any atom is -0.494 e. The van der Waals surface area contributed by atoms with Gasteiger partial charge in [0.25, 0.3) is 11.8 Å². The van der Waals surface area contributed by atoms with Crippen LogP contribution in [0.15, 0.2) is 42.5 Å². The molecule has 0 aliphatic rings. The highest BCUT2D eigenvalue weighted by atomic mass is 19.1. The summed E-state index contributed by atoms with van der Waals surface area (Å²) in [5.74, 6) is -2.58. The van der Waals surface area contributed by atoms with Gasteiger partial charge in [-0.25, -0.2) is 0 Å². The highest BCUT2D eigenvalue weighted by Gasteiger charge is 2.21. The van der Waals surface area contributed by atoms with E-state index in [4.69, 9.17) is 9.47 Å². The monoisotopic (exact) mass is 461 g/mol. The van der Waals surface area contributed by atoms with Gasteiger partial charge in [-0.05, 0) is 49.7 Å². The minimum absolute atomic E-state index is 0.0357. The van der Waals surface area contributed by atoms with Crippen LogP contribution in [0.3, 0.4) is 0 Å². The summed E-state index contributed by atoms with van der Waals surface area (Å²) >= 11 is 0. The molecule has 2 amide bonds. The quantitative estimate of drug-likeness (QED) is 0.227. The van der Waals surface area contributed by atoms with Crippen LogP contribution >= 0.6 is 0 Å². The second-order valence-corrected chi connectivity index (χ2v) is 6.95. The topological polar surface area (TPSA) is 137 Å². The van der Waals surface area contributed by atoms with Gasteiger partial charge in [0.2, 0.25) is 5.82 Å². The molecule has 0 saturated carbocycles. The normalized spacial score (nSPS) is 11.2. The molecular weight excluding hydrogens is 437 g/mol. The van der Waals surface area contributed by atoms with Gasteiger partial charge in [0.1, 0.15) is 12.3 Å². The molecule has 0 saturated heterocycles. The van der Waals surface area contributed by atoms with Crippen molar-refractivity contribution in [3.63, 3.8) is 0 Å². The van der Waals surface area contributed by atoms with Gasteiger partial charge in [0.05, 0.1) is 11.5 Å². The Morgan fingerprint density at radius 2 is 1.85 bits per heavy atom. The van der Waals surface area contributed by atoms with E-state index < -0.39 is 46.9 Å². The van der Waals surface area contributed by atoms with Crippen LogP contribution in [0.4, 0.5) is 15.8 Å². The molecule has 0 aliphatic carbocycles. The molecule has 11 heteroatoms. The second kappa shape index (κ2) is 12.1. The van der Waals surface area contributed by atoms with Crippen molar-refractivity contribution in [1.29, 1.82) is 0 Å². The number of hydrogen-bond donors (Lipinski definition) is 2. The first-order valence-electron chi connectivity index (χ1n) is 10.2. The third-order valence-corrected chi connectivity index (χ3v) is 4.36. The molecule has 0 spiro atoms. The fourth-order valence-corrected chi connectivity index (χ4v) is 2.56. The first kappa shape index (κ1) is 25.2. The summed E-state index contributed by atoms with van der Waals surface area (Å²) in [5, 5.41) is 15.5. The van der Waals surface area contributed by atoms with Crippen molar-refractivity contribution in [1.82, 2.24) is 5.32 Å². The van der Waals surface area contributed by atoms with Crippen LogP contribution in [-0.2, 0) is 14.3 Å². The first-order chi connectivity index (χ1) is 15.7. The molecular formula is C22H24FN3O7. The molecule has 1 atom stereocenters. The number of carbonyl (C=O) groups excluding carboxylic acids is 3. The number of ether oxygens (including phenoxy) is 2. The van der Waals surface area contributed by atoms with Crippen molar-refractivity contribution < 1.29 is 33.2 Å². The number of hydrogen-bond acceptors (Lipinski definition) is 7. The Bertz CT molecular complexity index is 1010. The van der Waals surface area contributed by atoms with E-state index in [1.807, 2.05) is 0 Å². The van der Waals surface area contributed by atoms with Crippen molar-refractivity contribution in [3.8, 4) is 5.75 Å². The van der Waals surface area contributed by atoms with Crippen molar-refractivity contribution >= 4 is 29.2 Å². The van der Waals surface area contributed by atoms with Crippen LogP contribution in [0.25, 0.3) is 0 Å². The van der Waals surface area contributed by atoms with Gasteiger partial charge < -0.3 is 20.1 Å². The number of nitro benzene ring substituents is 1. The Balaban J connectivity index is 1.81. The molecule has 2 N–H and O–H groups in total. The number of carbonyl (C=O) groups is 3. The van der Waals surface area contributed by atoms with Crippen molar-refractivity contribution in [2.45, 2.75) is 32.8 Å². The lowest BCUT2D eigenvalue weighted by molar-refractivity contribution is -0.387. The van der Waals surface area contributed by atoms with Crippen molar-refractivity contribution in [3.05, 3.63) is 64.0 Å². The van der Waals surface area contributed by atoms with E-state index in [1.165, 1.54) is 6.92 Å². The maximum absolute atomic E-state index is 13.4. The molecule has 0 aliphatic heterocycles. The maximum atomic E-state index is 13.4. The van der Waals surface area contributed by atoms with Gasteiger partial charge in [-0.2, -0.15) is 4.39 Å². The fourth-order valence-electron chi connectivity index (χ4n) is 2.56. The molecule has 1 unspecified atom stereocenters. The average Bonchev–Trinajstić information content (AvgIpc) is 2.79. The zero-order valence-corrected chi connectivity index (χ0v) is 18.1. The van der Waals surface area contributed by atoms with Crippen molar-refractivity contribution in [2.75, 3.05) is 18.5 Å². The number of anilines is 1. The molecule has 2 aromatic carbocycles. The molecule has 2 rings (SSSR count). The number of benzene rings is 2. The van der Waals surface area contributed by atoms with E-state index in [2.05, 4.69) is 17.6 Å². The van der Waals surface area contributed by atoms with Gasteiger partial charge >= 0.3 is 11.7 Å². The lowest BCUT2D eigenvalue weighted by Gasteiger charge is -2.14. The van der Waals surface area contributed by atoms with Gasteiger partial charge in [0.15, 0.2) is 6.10 Å². The Hall–Kier alpha value is -4.02. The number of amides is 2. The van der Waals surface area contributed by atoms with Crippen LogP contribution in [0.5, 0.6) is 5.75 Å². The first-order valence-corrected chi connectivity index (χ1v) is 10.2. The molecule has 0 heterocycles. The molecule has 0 aromatic heterocycles. The van der Waals surface area contributed by atoms with Gasteiger partial charge in [-0.15, -0.1) is 0 Å². The number of unbranched alkanes of at least 4 members (excludes halogenated alkanes) is 1. The zero-order valence-electron chi connectivity index (χ0n) is 18.1. The Kier molecular flexibility index (Phi) is 9.28. The van der Waals surface area contributed by atoms with E-state index >= 15 is 0 Å². The largest absolute Gasteiger partial charge is 0.494 e. The molecule has 33 heavy (non-hydrogen) atoms. The maximum Gasteiger partial charge on any atom is 0.326 e. The second-order valence-electron chi connectivity index (χ2n) is 6.95. The van der Waals surface area contributed by atoms with E-state index in [1.54, 1.807) is 24.3 Å². The third kappa shape index (κ3) is 7.87. The number of nitrogens with one attached hydrogen (secondary N) is 2.